The molecule has 54 heavy (non-hydrogen) atoms. The molecule has 4 amide bonds. The van der Waals surface area contributed by atoms with Gasteiger partial charge in [0.25, 0.3) is 0 Å². The Morgan fingerprint density at radius 3 is 2.41 bits per heavy atom. The van der Waals surface area contributed by atoms with Crippen molar-refractivity contribution in [1.29, 1.82) is 0 Å². The second kappa shape index (κ2) is 20.7. The fraction of sp³-hybridized carbons (Fsp3) is 0.476. The molecule has 0 saturated carbocycles. The fourth-order valence-electron chi connectivity index (χ4n) is 6.47. The van der Waals surface area contributed by atoms with Crippen molar-refractivity contribution in [2.75, 3.05) is 6.54 Å². The number of carbonyl (C=O) groups excluding carboxylic acids is 5. The van der Waals surface area contributed by atoms with Crippen molar-refractivity contribution in [3.05, 3.63) is 82.5 Å². The molecule has 12 heteroatoms. The molecular formula is C42H55N5O6S. The zero-order valence-electron chi connectivity index (χ0n) is 32.1. The number of nitrogens with zero attached hydrogens (tertiary/aromatic N) is 2. The van der Waals surface area contributed by atoms with E-state index in [4.69, 9.17) is 4.74 Å². The minimum Gasteiger partial charge on any atom is -0.372 e. The molecule has 2 aromatic carbocycles. The van der Waals surface area contributed by atoms with Crippen LogP contribution in [-0.4, -0.2) is 71.1 Å². The average molecular weight is 758 g/mol. The summed E-state index contributed by atoms with van der Waals surface area (Å²) in [6.07, 6.45) is 9.04. The normalized spacial score (nSPS) is 16.1. The zero-order valence-corrected chi connectivity index (χ0v) is 33.0. The molecule has 0 spiro atoms. The van der Waals surface area contributed by atoms with Gasteiger partial charge in [-0.3, -0.25) is 19.2 Å². The molecule has 1 aromatic heterocycles. The number of unbranched alkanes of at least 4 members (excludes halogenated alkanes) is 1. The van der Waals surface area contributed by atoms with Crippen LogP contribution in [0.25, 0.3) is 16.5 Å². The second-order valence-electron chi connectivity index (χ2n) is 14.9. The molecule has 1 aliphatic rings. The predicted molar refractivity (Wildman–Crippen MR) is 212 cm³/mol. The number of thiazole rings is 1. The van der Waals surface area contributed by atoms with Gasteiger partial charge in [0.05, 0.1) is 34.8 Å². The van der Waals surface area contributed by atoms with Crippen LogP contribution in [0, 0.1) is 12.3 Å². The molecular weight excluding hydrogens is 703 g/mol. The number of aryl methyl sites for hydroxylation is 1. The van der Waals surface area contributed by atoms with Crippen LogP contribution in [0.15, 0.2) is 60.1 Å². The van der Waals surface area contributed by atoms with Gasteiger partial charge in [-0.15, -0.1) is 11.3 Å². The van der Waals surface area contributed by atoms with E-state index in [-0.39, 0.29) is 36.3 Å². The van der Waals surface area contributed by atoms with E-state index in [0.29, 0.717) is 58.2 Å². The molecule has 3 N–H and O–H groups in total. The van der Waals surface area contributed by atoms with Crippen molar-refractivity contribution in [1.82, 2.24) is 25.8 Å². The third kappa shape index (κ3) is 12.4. The van der Waals surface area contributed by atoms with E-state index >= 15 is 0 Å². The monoisotopic (exact) mass is 757 g/mol. The van der Waals surface area contributed by atoms with Crippen molar-refractivity contribution in [2.24, 2.45) is 5.41 Å². The third-order valence-corrected chi connectivity index (χ3v) is 10.7. The number of benzene rings is 2. The summed E-state index contributed by atoms with van der Waals surface area (Å²) < 4.78 is 5.93. The van der Waals surface area contributed by atoms with Gasteiger partial charge < -0.3 is 30.4 Å². The van der Waals surface area contributed by atoms with Crippen molar-refractivity contribution in [3.8, 4) is 10.4 Å². The number of hydrogen-bond acceptors (Lipinski definition) is 8. The molecule has 4 rings (SSSR count). The molecule has 0 bridgehead atoms. The highest BCUT2D eigenvalue weighted by atomic mass is 32.1. The van der Waals surface area contributed by atoms with E-state index in [0.717, 1.165) is 45.5 Å². The van der Waals surface area contributed by atoms with Gasteiger partial charge in [-0.25, -0.2) is 4.98 Å². The van der Waals surface area contributed by atoms with Gasteiger partial charge in [-0.2, -0.15) is 0 Å². The maximum atomic E-state index is 13.9. The number of aldehydes is 1. The van der Waals surface area contributed by atoms with Gasteiger partial charge in [-0.05, 0) is 73.6 Å². The van der Waals surface area contributed by atoms with E-state index < -0.39 is 17.5 Å². The van der Waals surface area contributed by atoms with Crippen LogP contribution < -0.4 is 16.0 Å². The summed E-state index contributed by atoms with van der Waals surface area (Å²) in [7, 11) is 0. The summed E-state index contributed by atoms with van der Waals surface area (Å²) in [6, 6.07) is 14.5. The maximum absolute atomic E-state index is 13.9. The van der Waals surface area contributed by atoms with E-state index in [1.165, 1.54) is 0 Å². The first-order chi connectivity index (χ1) is 25.9. The Balaban J connectivity index is 1.21. The van der Waals surface area contributed by atoms with Crippen LogP contribution in [0.1, 0.15) is 95.0 Å². The number of carbonyl (C=O) groups is 5. The summed E-state index contributed by atoms with van der Waals surface area (Å²) in [6.45, 7) is 10.9. The number of aromatic nitrogens is 1. The quantitative estimate of drug-likeness (QED) is 0.0928. The summed E-state index contributed by atoms with van der Waals surface area (Å²) >= 11 is 1.60. The fourth-order valence-corrected chi connectivity index (χ4v) is 7.28. The van der Waals surface area contributed by atoms with Crippen molar-refractivity contribution < 1.29 is 28.7 Å². The van der Waals surface area contributed by atoms with E-state index in [2.05, 4.69) is 20.9 Å². The van der Waals surface area contributed by atoms with E-state index in [1.54, 1.807) is 16.2 Å². The number of likely N-dealkylation sites (tertiary alicyclic amines) is 1. The molecule has 2 heterocycles. The van der Waals surface area contributed by atoms with E-state index in [1.807, 2.05) is 101 Å². The zero-order chi connectivity index (χ0) is 39.1. The van der Waals surface area contributed by atoms with Crippen LogP contribution in [0.4, 0.5) is 0 Å². The average Bonchev–Trinajstić information content (AvgIpc) is 3.83. The number of rotatable bonds is 20. The topological polar surface area (TPSA) is 147 Å². The minimum atomic E-state index is -0.759. The number of hydrogen-bond donors (Lipinski definition) is 3. The van der Waals surface area contributed by atoms with Gasteiger partial charge >= 0.3 is 0 Å². The lowest BCUT2D eigenvalue weighted by Crippen LogP contribution is -2.57. The molecule has 290 valence electrons. The predicted octanol–water partition coefficient (Wildman–Crippen LogP) is 6.14. The van der Waals surface area contributed by atoms with Gasteiger partial charge in [0.15, 0.2) is 0 Å². The van der Waals surface area contributed by atoms with Gasteiger partial charge in [0.2, 0.25) is 24.1 Å². The van der Waals surface area contributed by atoms with Crippen molar-refractivity contribution in [3.63, 3.8) is 0 Å². The largest absolute Gasteiger partial charge is 0.372 e. The van der Waals surface area contributed by atoms with Gasteiger partial charge in [0.1, 0.15) is 18.4 Å². The summed E-state index contributed by atoms with van der Waals surface area (Å²) in [4.78, 5) is 69.0. The molecule has 1 aliphatic heterocycles. The molecule has 1 fully saturated rings. The van der Waals surface area contributed by atoms with Crippen LogP contribution >= 0.6 is 11.3 Å². The lowest BCUT2D eigenvalue weighted by Gasteiger charge is -2.35. The maximum Gasteiger partial charge on any atom is 0.246 e. The smallest absolute Gasteiger partial charge is 0.246 e. The van der Waals surface area contributed by atoms with Crippen LogP contribution in [-0.2, 0) is 41.9 Å². The Morgan fingerprint density at radius 2 is 1.76 bits per heavy atom. The van der Waals surface area contributed by atoms with Crippen molar-refractivity contribution >= 4 is 47.8 Å². The highest BCUT2D eigenvalue weighted by molar-refractivity contribution is 7.13. The van der Waals surface area contributed by atoms with Crippen LogP contribution in [0.3, 0.4) is 0 Å². The SMILES string of the molecule is Cc1ncsc1-c1ccc(CNC(=O)[C@@H]2CCCN2C(=O)[C@@H](NC(=O)CCC/C=C/c2ccc(CO[C@H](C)[C@H](CCC=O)NC=O)cc2)C(C)(C)C)cc1. The first-order valence-corrected chi connectivity index (χ1v) is 19.7. The third-order valence-electron chi connectivity index (χ3n) is 9.71. The highest BCUT2D eigenvalue weighted by Gasteiger charge is 2.41. The number of nitrogens with one attached hydrogen (secondary N) is 3. The first-order valence-electron chi connectivity index (χ1n) is 18.8. The second-order valence-corrected chi connectivity index (χ2v) is 15.8. The Morgan fingerprint density at radius 1 is 1.04 bits per heavy atom. The van der Waals surface area contributed by atoms with Gasteiger partial charge in [0, 0.05) is 25.9 Å². The molecule has 4 atom stereocenters. The lowest BCUT2D eigenvalue weighted by atomic mass is 9.85. The number of amides is 4. The van der Waals surface area contributed by atoms with Crippen LogP contribution in [0.2, 0.25) is 0 Å². The molecule has 0 unspecified atom stereocenters. The molecule has 0 aliphatic carbocycles. The highest BCUT2D eigenvalue weighted by Crippen LogP contribution is 2.28. The molecule has 11 nitrogen and oxygen atoms in total. The molecule has 1 saturated heterocycles. The summed E-state index contributed by atoms with van der Waals surface area (Å²) in [5, 5.41) is 8.74. The Bertz CT molecular complexity index is 1720. The Labute approximate surface area is 323 Å². The lowest BCUT2D eigenvalue weighted by molar-refractivity contribution is -0.143. The Hall–Kier alpha value is -4.68. The number of ether oxygens (including phenoxy) is 1. The Kier molecular flexibility index (Phi) is 16.1. The molecule has 3 aromatic rings. The first kappa shape index (κ1) is 42.1. The summed E-state index contributed by atoms with van der Waals surface area (Å²) in [5.41, 5.74) is 6.35. The van der Waals surface area contributed by atoms with Crippen LogP contribution in [0.5, 0.6) is 0 Å². The number of allylic oxidation sites excluding steroid dienone is 1. The summed E-state index contributed by atoms with van der Waals surface area (Å²) in [5.74, 6) is -0.601. The standard InChI is InChI=1S/C42H55N5O6S/c1-29-38(54-28-45-29)34-21-19-32(20-22-34)25-43-40(51)36-13-9-23-47(36)41(52)39(42(3,4)5)46-37(50)14-8-6-7-11-31-15-17-33(18-16-31)26-53-30(2)35(44-27-49)12-10-24-48/h7,11,15-22,24,27-28,30,35-36,39H,6,8-10,12-14,23,25-26H2,1-5H3,(H,43,51)(H,44,49)(H,46,50)/b11-7+/t30-,35+,36+,39-/m1/s1. The minimum absolute atomic E-state index is 0.184. The van der Waals surface area contributed by atoms with Gasteiger partial charge in [-0.1, -0.05) is 81.5 Å². The molecule has 0 radical (unpaired) electrons. The van der Waals surface area contributed by atoms with Crippen molar-refractivity contribution in [2.45, 2.75) is 117 Å². The van der Waals surface area contributed by atoms with E-state index in [9.17, 15) is 24.0 Å².